The lowest BCUT2D eigenvalue weighted by Crippen LogP contribution is -2.28. The predicted octanol–water partition coefficient (Wildman–Crippen LogP) is 3.23. The minimum Gasteiger partial charge on any atom is -0.494 e. The van der Waals surface area contributed by atoms with E-state index in [1.165, 1.54) is 31.4 Å². The zero-order valence-electron chi connectivity index (χ0n) is 12.2. The van der Waals surface area contributed by atoms with Crippen LogP contribution in [0.15, 0.2) is 42.5 Å². The summed E-state index contributed by atoms with van der Waals surface area (Å²) in [5.74, 6) is -0.0371. The highest BCUT2D eigenvalue weighted by Gasteiger charge is 2.12. The summed E-state index contributed by atoms with van der Waals surface area (Å²) in [6.07, 6.45) is 0. The number of thiocarbonyl (C=S) groups is 1. The number of methoxy groups -OCH3 is 1. The summed E-state index contributed by atoms with van der Waals surface area (Å²) in [6.45, 7) is 0.216. The average Bonchev–Trinajstić information content (AvgIpc) is 2.54. The molecule has 2 rings (SSSR count). The van der Waals surface area contributed by atoms with E-state index in [9.17, 15) is 14.5 Å². The molecule has 0 aromatic heterocycles. The van der Waals surface area contributed by atoms with E-state index in [4.69, 9.17) is 17.0 Å². The summed E-state index contributed by atoms with van der Waals surface area (Å²) in [6, 6.07) is 10.5. The molecule has 0 aliphatic carbocycles. The van der Waals surface area contributed by atoms with Crippen LogP contribution in [0.5, 0.6) is 5.75 Å². The van der Waals surface area contributed by atoms with Gasteiger partial charge in [0.2, 0.25) is 0 Å². The molecule has 0 spiro atoms. The van der Waals surface area contributed by atoms with Crippen molar-refractivity contribution in [1.29, 1.82) is 0 Å². The first-order valence-electron chi connectivity index (χ1n) is 6.62. The summed E-state index contributed by atoms with van der Waals surface area (Å²) >= 11 is 5.14. The normalized spacial score (nSPS) is 10.0. The van der Waals surface area contributed by atoms with E-state index in [0.29, 0.717) is 11.3 Å². The number of hydrogen-bond donors (Lipinski definition) is 2. The molecule has 0 atom stereocenters. The fourth-order valence-corrected chi connectivity index (χ4v) is 2.06. The number of hydrogen-bond acceptors (Lipinski definition) is 4. The van der Waals surface area contributed by atoms with Gasteiger partial charge < -0.3 is 15.4 Å². The molecule has 0 heterocycles. The Balaban J connectivity index is 2.03. The van der Waals surface area contributed by atoms with Gasteiger partial charge in [-0.3, -0.25) is 10.1 Å². The Labute approximate surface area is 137 Å². The molecule has 0 radical (unpaired) electrons. The summed E-state index contributed by atoms with van der Waals surface area (Å²) in [4.78, 5) is 10.2. The van der Waals surface area contributed by atoms with Crippen LogP contribution < -0.4 is 15.4 Å². The maximum Gasteiger partial charge on any atom is 0.273 e. The van der Waals surface area contributed by atoms with Crippen molar-refractivity contribution in [3.63, 3.8) is 0 Å². The van der Waals surface area contributed by atoms with Crippen LogP contribution >= 0.6 is 12.2 Å². The number of nitrogens with zero attached hydrogens (tertiary/aromatic N) is 1. The Hall–Kier alpha value is -2.74. The van der Waals surface area contributed by atoms with Crippen LogP contribution in [0.2, 0.25) is 0 Å². The highest BCUT2D eigenvalue weighted by Crippen LogP contribution is 2.28. The molecule has 2 aromatic rings. The summed E-state index contributed by atoms with van der Waals surface area (Å²) in [7, 11) is 1.40. The predicted molar refractivity (Wildman–Crippen MR) is 89.1 cm³/mol. The molecule has 23 heavy (non-hydrogen) atoms. The van der Waals surface area contributed by atoms with Crippen molar-refractivity contribution in [2.24, 2.45) is 0 Å². The molecule has 120 valence electrons. The Morgan fingerprint density at radius 3 is 2.74 bits per heavy atom. The summed E-state index contributed by atoms with van der Waals surface area (Å²) < 4.78 is 18.6. The van der Waals surface area contributed by atoms with Gasteiger partial charge in [0.1, 0.15) is 11.6 Å². The van der Waals surface area contributed by atoms with E-state index in [1.54, 1.807) is 18.2 Å². The first-order chi connectivity index (χ1) is 11.0. The molecule has 0 amide bonds. The standard InChI is InChI=1S/C15H14FN3O3S/c1-22-14-8-11(19(20)21)6-7-13(14)18-15(23)17-9-10-4-2-3-5-12(10)16/h2-8H,9H2,1H3,(H2,17,18,23). The van der Waals surface area contributed by atoms with Gasteiger partial charge in [0, 0.05) is 18.2 Å². The fourth-order valence-electron chi connectivity index (χ4n) is 1.88. The summed E-state index contributed by atoms with van der Waals surface area (Å²) in [5, 5.41) is 16.7. The van der Waals surface area contributed by atoms with Crippen LogP contribution in [0.4, 0.5) is 15.8 Å². The van der Waals surface area contributed by atoms with Gasteiger partial charge in [-0.2, -0.15) is 0 Å². The third-order valence-corrected chi connectivity index (χ3v) is 3.29. The smallest absolute Gasteiger partial charge is 0.273 e. The van der Waals surface area contributed by atoms with Gasteiger partial charge in [0.15, 0.2) is 5.11 Å². The van der Waals surface area contributed by atoms with Crippen molar-refractivity contribution in [2.45, 2.75) is 6.54 Å². The lowest BCUT2D eigenvalue weighted by molar-refractivity contribution is -0.384. The van der Waals surface area contributed by atoms with Crippen LogP contribution in [-0.4, -0.2) is 17.1 Å². The van der Waals surface area contributed by atoms with Crippen LogP contribution in [0.1, 0.15) is 5.56 Å². The molecule has 2 aromatic carbocycles. The monoisotopic (exact) mass is 335 g/mol. The Kier molecular flexibility index (Phi) is 5.42. The third kappa shape index (κ3) is 4.36. The molecule has 0 fully saturated rings. The number of halogens is 1. The van der Waals surface area contributed by atoms with Crippen molar-refractivity contribution in [3.8, 4) is 5.75 Å². The number of benzene rings is 2. The van der Waals surface area contributed by atoms with Gasteiger partial charge in [-0.25, -0.2) is 4.39 Å². The Morgan fingerprint density at radius 1 is 1.35 bits per heavy atom. The van der Waals surface area contributed by atoms with Crippen molar-refractivity contribution < 1.29 is 14.1 Å². The van der Waals surface area contributed by atoms with Crippen LogP contribution in [0.25, 0.3) is 0 Å². The number of nitro groups is 1. The van der Waals surface area contributed by atoms with E-state index in [0.717, 1.165) is 0 Å². The van der Waals surface area contributed by atoms with E-state index in [1.807, 2.05) is 0 Å². The number of rotatable bonds is 5. The molecule has 0 saturated carbocycles. The first kappa shape index (κ1) is 16.6. The zero-order valence-corrected chi connectivity index (χ0v) is 13.0. The van der Waals surface area contributed by atoms with Gasteiger partial charge in [0.25, 0.3) is 5.69 Å². The van der Waals surface area contributed by atoms with E-state index in [2.05, 4.69) is 10.6 Å². The number of ether oxygens (including phenoxy) is 1. The molecular formula is C15H14FN3O3S. The average molecular weight is 335 g/mol. The number of non-ortho nitro benzene ring substituents is 1. The SMILES string of the molecule is COc1cc([N+](=O)[O-])ccc1NC(=S)NCc1ccccc1F. The van der Waals surface area contributed by atoms with Crippen molar-refractivity contribution in [2.75, 3.05) is 12.4 Å². The number of nitrogens with one attached hydrogen (secondary N) is 2. The molecule has 8 heteroatoms. The number of nitro benzene ring substituents is 1. The molecule has 6 nitrogen and oxygen atoms in total. The van der Waals surface area contributed by atoms with E-state index in [-0.39, 0.29) is 28.9 Å². The van der Waals surface area contributed by atoms with Gasteiger partial charge in [-0.05, 0) is 24.4 Å². The van der Waals surface area contributed by atoms with Gasteiger partial charge in [0.05, 0.1) is 23.8 Å². The highest BCUT2D eigenvalue weighted by molar-refractivity contribution is 7.80. The van der Waals surface area contributed by atoms with Gasteiger partial charge in [-0.15, -0.1) is 0 Å². The van der Waals surface area contributed by atoms with Crippen molar-refractivity contribution in [1.82, 2.24) is 5.32 Å². The maximum atomic E-state index is 13.5. The second-order valence-electron chi connectivity index (χ2n) is 4.54. The maximum absolute atomic E-state index is 13.5. The second-order valence-corrected chi connectivity index (χ2v) is 4.95. The van der Waals surface area contributed by atoms with Crippen LogP contribution in [-0.2, 0) is 6.54 Å². The van der Waals surface area contributed by atoms with Crippen molar-refractivity contribution >= 4 is 28.7 Å². The molecule has 0 saturated heterocycles. The lowest BCUT2D eigenvalue weighted by Gasteiger charge is -2.13. The second kappa shape index (κ2) is 7.50. The molecule has 0 bridgehead atoms. The van der Waals surface area contributed by atoms with E-state index < -0.39 is 4.92 Å². The minimum atomic E-state index is -0.513. The summed E-state index contributed by atoms with van der Waals surface area (Å²) in [5.41, 5.74) is 0.870. The largest absolute Gasteiger partial charge is 0.494 e. The Bertz CT molecular complexity index is 740. The van der Waals surface area contributed by atoms with Gasteiger partial charge >= 0.3 is 0 Å². The van der Waals surface area contributed by atoms with Crippen LogP contribution in [0, 0.1) is 15.9 Å². The highest BCUT2D eigenvalue weighted by atomic mass is 32.1. The van der Waals surface area contributed by atoms with E-state index >= 15 is 0 Å². The van der Waals surface area contributed by atoms with Crippen LogP contribution in [0.3, 0.4) is 0 Å². The van der Waals surface area contributed by atoms with Crippen molar-refractivity contribution in [3.05, 3.63) is 64.0 Å². The molecular weight excluding hydrogens is 321 g/mol. The third-order valence-electron chi connectivity index (χ3n) is 3.04. The quantitative estimate of drug-likeness (QED) is 0.496. The Morgan fingerprint density at radius 2 is 2.09 bits per heavy atom. The lowest BCUT2D eigenvalue weighted by atomic mass is 10.2. The number of anilines is 1. The molecule has 0 unspecified atom stereocenters. The fraction of sp³-hybridized carbons (Fsp3) is 0.133. The molecule has 0 aliphatic heterocycles. The topological polar surface area (TPSA) is 76.4 Å². The first-order valence-corrected chi connectivity index (χ1v) is 7.02. The minimum absolute atomic E-state index is 0.0855. The van der Waals surface area contributed by atoms with Gasteiger partial charge in [-0.1, -0.05) is 18.2 Å². The molecule has 2 N–H and O–H groups in total. The molecule has 0 aliphatic rings. The zero-order chi connectivity index (χ0) is 16.8.